The fourth-order valence-corrected chi connectivity index (χ4v) is 5.62. The smallest absolute Gasteiger partial charge is 0.119 e. The monoisotopic (exact) mass is 387 g/mol. The molecule has 3 heterocycles. The number of hydrogen-bond acceptors (Lipinski definition) is 5. The van der Waals surface area contributed by atoms with Crippen LogP contribution in [0.4, 0.5) is 5.69 Å². The molecule has 3 fully saturated rings. The highest BCUT2D eigenvalue weighted by molar-refractivity contribution is 5.49. The van der Waals surface area contributed by atoms with E-state index >= 15 is 0 Å². The highest BCUT2D eigenvalue weighted by Gasteiger charge is 2.43. The van der Waals surface area contributed by atoms with Crippen LogP contribution in [-0.2, 0) is 4.74 Å². The first-order chi connectivity index (χ1) is 13.7. The number of piperidine rings is 2. The quantitative estimate of drug-likeness (QED) is 0.748. The molecule has 0 N–H and O–H groups in total. The average molecular weight is 388 g/mol. The Morgan fingerprint density at radius 3 is 2.46 bits per heavy atom. The van der Waals surface area contributed by atoms with Crippen molar-refractivity contribution in [3.63, 3.8) is 0 Å². The zero-order valence-corrected chi connectivity index (χ0v) is 17.7. The normalized spacial score (nSPS) is 27.6. The first-order valence-electron chi connectivity index (χ1n) is 11.1. The summed E-state index contributed by atoms with van der Waals surface area (Å²) in [4.78, 5) is 8.00. The molecule has 0 amide bonds. The van der Waals surface area contributed by atoms with E-state index in [0.717, 1.165) is 24.9 Å². The minimum atomic E-state index is 0.541. The molecule has 1 spiro atoms. The van der Waals surface area contributed by atoms with E-state index in [2.05, 4.69) is 39.0 Å². The molecule has 1 unspecified atom stereocenters. The van der Waals surface area contributed by atoms with Gasteiger partial charge in [0.05, 0.1) is 13.7 Å². The second-order valence-corrected chi connectivity index (χ2v) is 9.01. The Labute approximate surface area is 170 Å². The van der Waals surface area contributed by atoms with Crippen LogP contribution < -0.4 is 9.64 Å². The molecule has 4 rings (SSSR count). The van der Waals surface area contributed by atoms with Crippen molar-refractivity contribution in [2.45, 2.75) is 38.1 Å². The number of nitrogens with zero attached hydrogens (tertiary/aromatic N) is 3. The van der Waals surface area contributed by atoms with Gasteiger partial charge in [-0.2, -0.15) is 0 Å². The lowest BCUT2D eigenvalue weighted by Gasteiger charge is -2.42. The minimum absolute atomic E-state index is 0.541. The lowest BCUT2D eigenvalue weighted by atomic mass is 9.79. The molecule has 1 aromatic carbocycles. The highest BCUT2D eigenvalue weighted by Crippen LogP contribution is 2.40. The number of rotatable bonds is 6. The van der Waals surface area contributed by atoms with Crippen LogP contribution in [0.2, 0.25) is 0 Å². The third kappa shape index (κ3) is 4.47. The lowest BCUT2D eigenvalue weighted by Crippen LogP contribution is -2.48. The largest absolute Gasteiger partial charge is 0.497 e. The van der Waals surface area contributed by atoms with E-state index in [-0.39, 0.29) is 0 Å². The summed E-state index contributed by atoms with van der Waals surface area (Å²) in [5, 5.41) is 0. The number of benzene rings is 1. The molecule has 28 heavy (non-hydrogen) atoms. The average Bonchev–Trinajstić information content (AvgIpc) is 3.15. The van der Waals surface area contributed by atoms with Crippen LogP contribution in [0, 0.1) is 5.41 Å². The van der Waals surface area contributed by atoms with Crippen molar-refractivity contribution in [2.24, 2.45) is 5.41 Å². The minimum Gasteiger partial charge on any atom is -0.497 e. The zero-order valence-electron chi connectivity index (χ0n) is 17.7. The predicted octanol–water partition coefficient (Wildman–Crippen LogP) is 3.10. The molecule has 3 saturated heterocycles. The second-order valence-electron chi connectivity index (χ2n) is 9.01. The number of hydrogen-bond donors (Lipinski definition) is 0. The Bertz CT molecular complexity index is 615. The summed E-state index contributed by atoms with van der Waals surface area (Å²) in [6.07, 6.45) is 6.73. The first-order valence-corrected chi connectivity index (χ1v) is 11.1. The van der Waals surface area contributed by atoms with Gasteiger partial charge in [-0.05, 0) is 74.9 Å². The fraction of sp³-hybridized carbons (Fsp3) is 0.739. The Morgan fingerprint density at radius 2 is 1.75 bits per heavy atom. The van der Waals surface area contributed by atoms with E-state index in [1.54, 1.807) is 7.11 Å². The molecule has 0 bridgehead atoms. The van der Waals surface area contributed by atoms with E-state index in [0.29, 0.717) is 5.41 Å². The van der Waals surface area contributed by atoms with Crippen molar-refractivity contribution >= 4 is 5.69 Å². The van der Waals surface area contributed by atoms with Crippen molar-refractivity contribution in [1.29, 1.82) is 0 Å². The molecule has 5 nitrogen and oxygen atoms in total. The molecule has 3 aliphatic heterocycles. The number of likely N-dealkylation sites (tertiary alicyclic amines) is 2. The van der Waals surface area contributed by atoms with E-state index in [9.17, 15) is 0 Å². The van der Waals surface area contributed by atoms with Crippen molar-refractivity contribution < 1.29 is 9.47 Å². The van der Waals surface area contributed by atoms with Crippen LogP contribution in [0.1, 0.15) is 32.1 Å². The molecule has 0 saturated carbocycles. The first kappa shape index (κ1) is 20.0. The van der Waals surface area contributed by atoms with Gasteiger partial charge in [-0.25, -0.2) is 0 Å². The van der Waals surface area contributed by atoms with Crippen LogP contribution in [0.3, 0.4) is 0 Å². The van der Waals surface area contributed by atoms with Gasteiger partial charge in [0, 0.05) is 51.6 Å². The van der Waals surface area contributed by atoms with Crippen LogP contribution in [-0.4, -0.2) is 82.5 Å². The van der Waals surface area contributed by atoms with Crippen molar-refractivity contribution in [3.8, 4) is 5.75 Å². The summed E-state index contributed by atoms with van der Waals surface area (Å²) >= 11 is 0. The lowest BCUT2D eigenvalue weighted by molar-refractivity contribution is 0.0626. The Hall–Kier alpha value is -1.30. The topological polar surface area (TPSA) is 28.2 Å². The summed E-state index contributed by atoms with van der Waals surface area (Å²) in [6.45, 7) is 9.43. The summed E-state index contributed by atoms with van der Waals surface area (Å²) in [6, 6.07) is 9.30. The van der Waals surface area contributed by atoms with Gasteiger partial charge >= 0.3 is 0 Å². The highest BCUT2D eigenvalue weighted by atomic mass is 16.5. The van der Waals surface area contributed by atoms with Gasteiger partial charge in [-0.3, -0.25) is 4.90 Å². The predicted molar refractivity (Wildman–Crippen MR) is 114 cm³/mol. The molecule has 0 aliphatic carbocycles. The SMILES string of the molecule is COCCN1CCCC2(CCN(C3CCN(c4ccc(OC)cc4)CC3)C2)C1. The third-order valence-electron chi connectivity index (χ3n) is 7.24. The standard InChI is InChI=1S/C23H37N3O2/c1-27-17-16-24-12-3-10-23(18-24)11-15-26(19-23)21-8-13-25(14-9-21)20-4-6-22(28-2)7-5-20/h4-7,21H,3,8-19H2,1-2H3. The summed E-state index contributed by atoms with van der Waals surface area (Å²) < 4.78 is 10.6. The molecular formula is C23H37N3O2. The van der Waals surface area contributed by atoms with Gasteiger partial charge in [0.15, 0.2) is 0 Å². The van der Waals surface area contributed by atoms with Gasteiger partial charge < -0.3 is 19.3 Å². The van der Waals surface area contributed by atoms with Crippen LogP contribution in [0.15, 0.2) is 24.3 Å². The maximum absolute atomic E-state index is 5.31. The molecule has 3 aliphatic rings. The summed E-state index contributed by atoms with van der Waals surface area (Å²) in [7, 11) is 3.54. The van der Waals surface area contributed by atoms with Gasteiger partial charge in [0.25, 0.3) is 0 Å². The van der Waals surface area contributed by atoms with Crippen LogP contribution in [0.25, 0.3) is 0 Å². The van der Waals surface area contributed by atoms with Gasteiger partial charge in [-0.1, -0.05) is 0 Å². The molecule has 156 valence electrons. The third-order valence-corrected chi connectivity index (χ3v) is 7.24. The molecule has 0 aromatic heterocycles. The zero-order chi connectivity index (χ0) is 19.4. The summed E-state index contributed by atoms with van der Waals surface area (Å²) in [5.41, 5.74) is 1.87. The number of ether oxygens (including phenoxy) is 2. The summed E-state index contributed by atoms with van der Waals surface area (Å²) in [5.74, 6) is 0.938. The Morgan fingerprint density at radius 1 is 0.964 bits per heavy atom. The fourth-order valence-electron chi connectivity index (χ4n) is 5.62. The van der Waals surface area contributed by atoms with Crippen molar-refractivity contribution in [1.82, 2.24) is 9.80 Å². The van der Waals surface area contributed by atoms with Crippen molar-refractivity contribution in [3.05, 3.63) is 24.3 Å². The van der Waals surface area contributed by atoms with E-state index < -0.39 is 0 Å². The molecule has 0 radical (unpaired) electrons. The number of methoxy groups -OCH3 is 2. The molecule has 1 atom stereocenters. The van der Waals surface area contributed by atoms with Crippen molar-refractivity contribution in [2.75, 3.05) is 71.5 Å². The van der Waals surface area contributed by atoms with E-state index in [1.807, 2.05) is 7.11 Å². The Kier molecular flexibility index (Phi) is 6.44. The second kappa shape index (κ2) is 9.02. The molecular weight excluding hydrogens is 350 g/mol. The van der Waals surface area contributed by atoms with Gasteiger partial charge in [-0.15, -0.1) is 0 Å². The maximum atomic E-state index is 5.31. The van der Waals surface area contributed by atoms with E-state index in [1.165, 1.54) is 77.1 Å². The van der Waals surface area contributed by atoms with Gasteiger partial charge in [0.2, 0.25) is 0 Å². The van der Waals surface area contributed by atoms with Gasteiger partial charge in [0.1, 0.15) is 5.75 Å². The Balaban J connectivity index is 1.28. The molecule has 5 heteroatoms. The van der Waals surface area contributed by atoms with Crippen LogP contribution in [0.5, 0.6) is 5.75 Å². The molecule has 1 aromatic rings. The maximum Gasteiger partial charge on any atom is 0.119 e. The number of anilines is 1. The van der Waals surface area contributed by atoms with E-state index in [4.69, 9.17) is 9.47 Å². The van der Waals surface area contributed by atoms with Crippen LogP contribution >= 0.6 is 0 Å².